The Balaban J connectivity index is 1.02. The van der Waals surface area contributed by atoms with E-state index < -0.39 is 16.8 Å². The molecule has 0 spiro atoms. The molecule has 1 amide bonds. The molecule has 0 radical (unpaired) electrons. The van der Waals surface area contributed by atoms with Gasteiger partial charge in [-0.1, -0.05) is 40.0 Å². The first-order valence-corrected chi connectivity index (χ1v) is 22.5. The lowest BCUT2D eigenvalue weighted by molar-refractivity contribution is -0.239. The molecule has 7 fully saturated rings. The predicted molar refractivity (Wildman–Crippen MR) is 202 cm³/mol. The third-order valence-corrected chi connectivity index (χ3v) is 19.1. The van der Waals surface area contributed by atoms with Crippen molar-refractivity contribution in [1.82, 2.24) is 15.1 Å². The van der Waals surface area contributed by atoms with E-state index in [2.05, 4.69) is 49.7 Å². The van der Waals surface area contributed by atoms with Crippen LogP contribution in [0.5, 0.6) is 0 Å². The van der Waals surface area contributed by atoms with Gasteiger partial charge in [-0.25, -0.2) is 0 Å². The topological polar surface area (TPSA) is 89.9 Å². The van der Waals surface area contributed by atoms with Gasteiger partial charge in [-0.05, 0) is 155 Å². The molecule has 0 bridgehead atoms. The maximum atomic E-state index is 14.2. The number of carbonyl (C=O) groups excluding carboxylic acids is 1. The molecule has 5 aliphatic carbocycles. The molecule has 0 aromatic carbocycles. The number of carboxylic acids is 1. The van der Waals surface area contributed by atoms with Crippen LogP contribution < -0.4 is 5.32 Å². The number of aliphatic carboxylic acids is 1. The largest absolute Gasteiger partial charge is 0.481 e. The van der Waals surface area contributed by atoms with Crippen molar-refractivity contribution in [3.63, 3.8) is 0 Å². The van der Waals surface area contributed by atoms with E-state index in [9.17, 15) is 18.9 Å². The second-order valence-corrected chi connectivity index (χ2v) is 21.8. The maximum absolute atomic E-state index is 14.2. The Hall–Kier alpha value is -0.990. The zero-order chi connectivity index (χ0) is 35.6. The SMILES string of the molecule is CC12CCN(C(=O)CC3(CC(=O)O)CCCC3)C(C)(C)C1CCC1(C)C2CCC2[C@H]3CCCC3(CNCCCN3CCS(=O)CC3)CC[C@]21C. The summed E-state index contributed by atoms with van der Waals surface area (Å²) in [5, 5.41) is 13.7. The molecule has 50 heavy (non-hydrogen) atoms. The second kappa shape index (κ2) is 13.7. The molecule has 7 aliphatic rings. The van der Waals surface area contributed by atoms with Gasteiger partial charge in [0.1, 0.15) is 0 Å². The van der Waals surface area contributed by atoms with Crippen molar-refractivity contribution in [2.24, 2.45) is 50.7 Å². The Bertz CT molecular complexity index is 1310. The lowest BCUT2D eigenvalue weighted by Crippen LogP contribution is -2.70. The van der Waals surface area contributed by atoms with E-state index in [4.69, 9.17) is 0 Å². The van der Waals surface area contributed by atoms with Crippen molar-refractivity contribution in [2.45, 2.75) is 149 Å². The van der Waals surface area contributed by atoms with Crippen molar-refractivity contribution < 1.29 is 18.9 Å². The molecule has 284 valence electrons. The van der Waals surface area contributed by atoms with E-state index in [1.54, 1.807) is 0 Å². The third kappa shape index (κ3) is 6.17. The highest BCUT2D eigenvalue weighted by molar-refractivity contribution is 7.85. The highest BCUT2D eigenvalue weighted by Gasteiger charge is 2.70. The zero-order valence-corrected chi connectivity index (χ0v) is 33.3. The molecule has 2 saturated heterocycles. The van der Waals surface area contributed by atoms with Crippen molar-refractivity contribution in [3.05, 3.63) is 0 Å². The second-order valence-electron chi connectivity index (χ2n) is 20.2. The summed E-state index contributed by atoms with van der Waals surface area (Å²) in [5.74, 6) is 4.01. The highest BCUT2D eigenvalue weighted by atomic mass is 32.2. The molecule has 0 aromatic rings. The minimum absolute atomic E-state index is 0.135. The minimum atomic E-state index is -0.751. The van der Waals surface area contributed by atoms with Gasteiger partial charge < -0.3 is 20.2 Å². The van der Waals surface area contributed by atoms with E-state index in [-0.39, 0.29) is 28.7 Å². The highest BCUT2D eigenvalue weighted by Crippen LogP contribution is 2.76. The summed E-state index contributed by atoms with van der Waals surface area (Å²) in [6.07, 6.45) is 18.8. The zero-order valence-electron chi connectivity index (χ0n) is 32.5. The number of nitrogens with one attached hydrogen (secondary N) is 1. The first kappa shape index (κ1) is 37.3. The molecule has 8 atom stereocenters. The molecule has 2 N–H and O–H groups in total. The first-order valence-electron chi connectivity index (χ1n) is 21.0. The van der Waals surface area contributed by atoms with Crippen LogP contribution in [-0.4, -0.2) is 87.3 Å². The number of carbonyl (C=O) groups is 2. The molecule has 0 aromatic heterocycles. The van der Waals surface area contributed by atoms with Gasteiger partial charge in [-0.2, -0.15) is 0 Å². The van der Waals surface area contributed by atoms with Crippen LogP contribution in [0.4, 0.5) is 0 Å². The Morgan fingerprint density at radius 3 is 2.22 bits per heavy atom. The summed E-state index contributed by atoms with van der Waals surface area (Å²) in [4.78, 5) is 30.7. The summed E-state index contributed by atoms with van der Waals surface area (Å²) < 4.78 is 11.8. The lowest BCUT2D eigenvalue weighted by atomic mass is 9.33. The van der Waals surface area contributed by atoms with Gasteiger partial charge in [-0.15, -0.1) is 0 Å². The van der Waals surface area contributed by atoms with Gasteiger partial charge in [0.05, 0.1) is 6.42 Å². The number of piperidine rings is 1. The molecule has 2 heterocycles. The first-order chi connectivity index (χ1) is 23.7. The van der Waals surface area contributed by atoms with Gasteiger partial charge in [0.2, 0.25) is 5.91 Å². The smallest absolute Gasteiger partial charge is 0.303 e. The van der Waals surface area contributed by atoms with Crippen LogP contribution in [0, 0.1) is 50.7 Å². The fourth-order valence-electron chi connectivity index (χ4n) is 15.1. The number of amides is 1. The summed E-state index contributed by atoms with van der Waals surface area (Å²) in [5.41, 5.74) is 0.848. The van der Waals surface area contributed by atoms with Gasteiger partial charge in [0.25, 0.3) is 0 Å². The van der Waals surface area contributed by atoms with Crippen LogP contribution in [0.3, 0.4) is 0 Å². The van der Waals surface area contributed by atoms with Crippen molar-refractivity contribution in [2.75, 3.05) is 50.8 Å². The summed E-state index contributed by atoms with van der Waals surface area (Å²) in [6.45, 7) is 19.1. The van der Waals surface area contributed by atoms with Crippen molar-refractivity contribution in [1.29, 1.82) is 0 Å². The van der Waals surface area contributed by atoms with Gasteiger partial charge in [0.15, 0.2) is 0 Å². The molecular formula is C42H71N3O4S. The summed E-state index contributed by atoms with van der Waals surface area (Å²) >= 11 is 0. The number of likely N-dealkylation sites (tertiary alicyclic amines) is 1. The molecule has 5 saturated carbocycles. The summed E-state index contributed by atoms with van der Waals surface area (Å²) in [7, 11) is -0.592. The van der Waals surface area contributed by atoms with E-state index in [1.165, 1.54) is 70.8 Å². The quantitative estimate of drug-likeness (QED) is 0.228. The molecular weight excluding hydrogens is 643 g/mol. The standard InChI is InChI=1S/C42H71N3O4S/c1-37(2)33-13-17-40(5)34(38(33,3)20-23-45(37)35(46)28-41(29-36(47)48)14-6-7-15-41)12-11-31-32-10-8-16-42(32,19-18-39(31,40)4)30-43-21-9-22-44-24-26-50(49)27-25-44/h31-34,43H,6-30H2,1-5H3,(H,47,48)/t31?,32-,33?,34?,38?,39-,40?,42?/m1/s1. The molecule has 7 rings (SSSR count). The number of hydrogen-bond donors (Lipinski definition) is 2. The van der Waals surface area contributed by atoms with Crippen LogP contribution in [-0.2, 0) is 20.4 Å². The van der Waals surface area contributed by atoms with Gasteiger partial charge in [-0.3, -0.25) is 13.8 Å². The maximum Gasteiger partial charge on any atom is 0.303 e. The van der Waals surface area contributed by atoms with Gasteiger partial charge in [0, 0.05) is 60.4 Å². The third-order valence-electron chi connectivity index (χ3n) is 17.8. The van der Waals surface area contributed by atoms with Crippen LogP contribution in [0.2, 0.25) is 0 Å². The van der Waals surface area contributed by atoms with Crippen LogP contribution in [0.15, 0.2) is 0 Å². The molecule has 7 nitrogen and oxygen atoms in total. The Kier molecular flexibility index (Phi) is 10.2. The number of carboxylic acid groups (broad SMARTS) is 1. The predicted octanol–water partition coefficient (Wildman–Crippen LogP) is 7.50. The number of hydrogen-bond acceptors (Lipinski definition) is 5. The number of fused-ring (bicyclic) bond motifs is 7. The minimum Gasteiger partial charge on any atom is -0.481 e. The Morgan fingerprint density at radius 2 is 1.50 bits per heavy atom. The van der Waals surface area contributed by atoms with Crippen LogP contribution in [0.1, 0.15) is 144 Å². The van der Waals surface area contributed by atoms with Crippen molar-refractivity contribution >= 4 is 22.7 Å². The average Bonchev–Trinajstić information content (AvgIpc) is 3.69. The van der Waals surface area contributed by atoms with Crippen LogP contribution >= 0.6 is 0 Å². The molecule has 2 aliphatic heterocycles. The van der Waals surface area contributed by atoms with E-state index in [0.29, 0.717) is 34.5 Å². The van der Waals surface area contributed by atoms with Gasteiger partial charge >= 0.3 is 5.97 Å². The fraction of sp³-hybridized carbons (Fsp3) is 0.952. The molecule has 6 unspecified atom stereocenters. The van der Waals surface area contributed by atoms with E-state index in [1.807, 2.05) is 0 Å². The average molecular weight is 714 g/mol. The number of rotatable bonds is 10. The normalized spacial score (nSPS) is 42.7. The van der Waals surface area contributed by atoms with E-state index in [0.717, 1.165) is 88.2 Å². The summed E-state index contributed by atoms with van der Waals surface area (Å²) in [6, 6.07) is 0. The monoisotopic (exact) mass is 714 g/mol. The number of nitrogens with zero attached hydrogens (tertiary/aromatic N) is 2. The van der Waals surface area contributed by atoms with E-state index >= 15 is 0 Å². The Labute approximate surface area is 306 Å². The Morgan fingerprint density at radius 1 is 0.760 bits per heavy atom. The van der Waals surface area contributed by atoms with Crippen molar-refractivity contribution in [3.8, 4) is 0 Å². The lowest BCUT2D eigenvalue weighted by Gasteiger charge is -2.73. The molecule has 8 heteroatoms. The van der Waals surface area contributed by atoms with Crippen LogP contribution in [0.25, 0.3) is 0 Å². The fourth-order valence-corrected chi connectivity index (χ4v) is 16.2.